The van der Waals surface area contributed by atoms with Gasteiger partial charge in [0.15, 0.2) is 0 Å². The van der Waals surface area contributed by atoms with Gasteiger partial charge in [-0.25, -0.2) is 8.42 Å². The summed E-state index contributed by atoms with van der Waals surface area (Å²) in [5.74, 6) is 0.0459. The van der Waals surface area contributed by atoms with E-state index in [1.807, 2.05) is 42.2 Å². The van der Waals surface area contributed by atoms with E-state index in [-0.39, 0.29) is 17.7 Å². The maximum Gasteiger partial charge on any atom is 0.234 e. The third kappa shape index (κ3) is 6.41. The van der Waals surface area contributed by atoms with Gasteiger partial charge < -0.3 is 5.32 Å². The first-order valence-corrected chi connectivity index (χ1v) is 10.5. The van der Waals surface area contributed by atoms with Gasteiger partial charge in [0, 0.05) is 32.2 Å². The van der Waals surface area contributed by atoms with Crippen molar-refractivity contribution in [3.8, 4) is 0 Å². The van der Waals surface area contributed by atoms with Crippen LogP contribution in [0.5, 0.6) is 0 Å². The van der Waals surface area contributed by atoms with Gasteiger partial charge in [-0.2, -0.15) is 4.31 Å². The van der Waals surface area contributed by atoms with E-state index in [0.717, 1.165) is 18.4 Å². The number of nitrogens with zero attached hydrogens (tertiary/aromatic N) is 2. The van der Waals surface area contributed by atoms with Crippen LogP contribution in [0.1, 0.15) is 32.3 Å². The molecule has 1 aromatic rings. The molecule has 1 atom stereocenters. The number of sulfonamides is 1. The van der Waals surface area contributed by atoms with Gasteiger partial charge in [-0.15, -0.1) is 0 Å². The molecule has 25 heavy (non-hydrogen) atoms. The van der Waals surface area contributed by atoms with Crippen LogP contribution >= 0.6 is 0 Å². The van der Waals surface area contributed by atoms with E-state index in [9.17, 15) is 13.2 Å². The molecule has 1 amide bonds. The van der Waals surface area contributed by atoms with E-state index in [4.69, 9.17) is 0 Å². The third-order valence-corrected chi connectivity index (χ3v) is 6.26. The standard InChI is InChI=1S/C18H29N3O3S/c1-3-7-16(2)19-18(22)14-20-10-12-21(13-11-20)25(23,24)15-17-8-5-4-6-9-17/h4-6,8-9,16H,3,7,10-15H2,1-2H3,(H,19,22). The number of hydrogen-bond donors (Lipinski definition) is 1. The van der Waals surface area contributed by atoms with Gasteiger partial charge in [0.1, 0.15) is 0 Å². The molecule has 1 aliphatic heterocycles. The van der Waals surface area contributed by atoms with Gasteiger partial charge in [-0.1, -0.05) is 43.7 Å². The van der Waals surface area contributed by atoms with E-state index in [0.29, 0.717) is 32.7 Å². The number of carbonyl (C=O) groups excluding carboxylic acids is 1. The van der Waals surface area contributed by atoms with E-state index in [1.165, 1.54) is 4.31 Å². The Bertz CT molecular complexity index is 641. The van der Waals surface area contributed by atoms with Crippen molar-refractivity contribution in [2.45, 2.75) is 38.5 Å². The Morgan fingerprint density at radius 1 is 1.16 bits per heavy atom. The average molecular weight is 368 g/mol. The van der Waals surface area contributed by atoms with Crippen molar-refractivity contribution in [3.05, 3.63) is 35.9 Å². The molecule has 0 radical (unpaired) electrons. The van der Waals surface area contributed by atoms with Gasteiger partial charge in [-0.3, -0.25) is 9.69 Å². The van der Waals surface area contributed by atoms with Crippen LogP contribution in [0.3, 0.4) is 0 Å². The fraction of sp³-hybridized carbons (Fsp3) is 0.611. The predicted octanol–water partition coefficient (Wildman–Crippen LogP) is 1.44. The highest BCUT2D eigenvalue weighted by molar-refractivity contribution is 7.88. The van der Waals surface area contributed by atoms with Crippen molar-refractivity contribution in [3.63, 3.8) is 0 Å². The van der Waals surface area contributed by atoms with Crippen molar-refractivity contribution in [2.75, 3.05) is 32.7 Å². The summed E-state index contributed by atoms with van der Waals surface area (Å²) in [6, 6.07) is 9.42. The molecule has 2 rings (SSSR count). The molecule has 0 spiro atoms. The first kappa shape index (κ1) is 19.9. The molecule has 1 fully saturated rings. The summed E-state index contributed by atoms with van der Waals surface area (Å²) in [6.45, 7) is 6.49. The smallest absolute Gasteiger partial charge is 0.234 e. The second-order valence-corrected chi connectivity index (χ2v) is 8.64. The molecule has 7 heteroatoms. The van der Waals surface area contributed by atoms with Crippen LogP contribution in [-0.2, 0) is 20.6 Å². The Hall–Kier alpha value is -1.44. The Labute approximate surface area is 151 Å². The van der Waals surface area contributed by atoms with Crippen LogP contribution in [0.15, 0.2) is 30.3 Å². The Balaban J connectivity index is 1.80. The van der Waals surface area contributed by atoms with Crippen LogP contribution in [-0.4, -0.2) is 62.3 Å². The lowest BCUT2D eigenvalue weighted by Crippen LogP contribution is -2.51. The molecule has 1 saturated heterocycles. The third-order valence-electron chi connectivity index (χ3n) is 4.41. The Morgan fingerprint density at radius 3 is 2.40 bits per heavy atom. The van der Waals surface area contributed by atoms with Crippen LogP contribution in [0.2, 0.25) is 0 Å². The highest BCUT2D eigenvalue weighted by Crippen LogP contribution is 2.13. The first-order chi connectivity index (χ1) is 11.9. The normalized spacial score (nSPS) is 18.0. The minimum absolute atomic E-state index is 0.0153. The molecule has 0 saturated carbocycles. The molecule has 0 aromatic heterocycles. The lowest BCUT2D eigenvalue weighted by molar-refractivity contribution is -0.123. The summed E-state index contributed by atoms with van der Waals surface area (Å²) in [5.41, 5.74) is 0.800. The van der Waals surface area contributed by atoms with Crippen LogP contribution in [0.25, 0.3) is 0 Å². The molecule has 1 aliphatic rings. The van der Waals surface area contributed by atoms with Gasteiger partial charge in [0.25, 0.3) is 0 Å². The van der Waals surface area contributed by atoms with Gasteiger partial charge in [0.05, 0.1) is 12.3 Å². The average Bonchev–Trinajstić information content (AvgIpc) is 2.56. The number of benzene rings is 1. The minimum atomic E-state index is -3.31. The van der Waals surface area contributed by atoms with E-state index < -0.39 is 10.0 Å². The summed E-state index contributed by atoms with van der Waals surface area (Å²) in [7, 11) is -3.31. The molecule has 1 N–H and O–H groups in total. The SMILES string of the molecule is CCCC(C)NC(=O)CN1CCN(S(=O)(=O)Cc2ccccc2)CC1. The van der Waals surface area contributed by atoms with E-state index in [2.05, 4.69) is 12.2 Å². The summed E-state index contributed by atoms with van der Waals surface area (Å²) in [5, 5.41) is 2.99. The van der Waals surface area contributed by atoms with Gasteiger partial charge in [0.2, 0.25) is 15.9 Å². The summed E-state index contributed by atoms with van der Waals surface area (Å²) in [4.78, 5) is 14.0. The van der Waals surface area contributed by atoms with Crippen molar-refractivity contribution >= 4 is 15.9 Å². The number of hydrogen-bond acceptors (Lipinski definition) is 4. The summed E-state index contributed by atoms with van der Waals surface area (Å²) in [6.07, 6.45) is 2.01. The zero-order chi connectivity index (χ0) is 18.3. The minimum Gasteiger partial charge on any atom is -0.353 e. The van der Waals surface area contributed by atoms with Gasteiger partial charge >= 0.3 is 0 Å². The second-order valence-electron chi connectivity index (χ2n) is 6.67. The highest BCUT2D eigenvalue weighted by Gasteiger charge is 2.27. The molecule has 6 nitrogen and oxygen atoms in total. The zero-order valence-electron chi connectivity index (χ0n) is 15.1. The highest BCUT2D eigenvalue weighted by atomic mass is 32.2. The topological polar surface area (TPSA) is 69.7 Å². The second kappa shape index (κ2) is 9.31. The number of rotatable bonds is 8. The lowest BCUT2D eigenvalue weighted by Gasteiger charge is -2.33. The molecule has 0 aliphatic carbocycles. The van der Waals surface area contributed by atoms with Crippen LogP contribution in [0, 0.1) is 0 Å². The molecule has 1 aromatic carbocycles. The quantitative estimate of drug-likeness (QED) is 0.755. The summed E-state index contributed by atoms with van der Waals surface area (Å²) < 4.78 is 26.6. The number of amides is 1. The first-order valence-electron chi connectivity index (χ1n) is 8.94. The Morgan fingerprint density at radius 2 is 1.80 bits per heavy atom. The van der Waals surface area contributed by atoms with E-state index in [1.54, 1.807) is 0 Å². The molecule has 140 valence electrons. The summed E-state index contributed by atoms with van der Waals surface area (Å²) >= 11 is 0. The molecule has 1 unspecified atom stereocenters. The van der Waals surface area contributed by atoms with Crippen molar-refractivity contribution in [2.24, 2.45) is 0 Å². The number of nitrogens with one attached hydrogen (secondary N) is 1. The fourth-order valence-corrected chi connectivity index (χ4v) is 4.59. The largest absolute Gasteiger partial charge is 0.353 e. The number of carbonyl (C=O) groups is 1. The van der Waals surface area contributed by atoms with E-state index >= 15 is 0 Å². The molecular weight excluding hydrogens is 338 g/mol. The van der Waals surface area contributed by atoms with Crippen molar-refractivity contribution < 1.29 is 13.2 Å². The molecule has 1 heterocycles. The monoisotopic (exact) mass is 367 g/mol. The maximum atomic E-state index is 12.5. The van der Waals surface area contributed by atoms with Crippen LogP contribution in [0.4, 0.5) is 0 Å². The fourth-order valence-electron chi connectivity index (χ4n) is 3.07. The number of piperazine rings is 1. The van der Waals surface area contributed by atoms with Crippen molar-refractivity contribution in [1.82, 2.24) is 14.5 Å². The van der Waals surface area contributed by atoms with Crippen LogP contribution < -0.4 is 5.32 Å². The predicted molar refractivity (Wildman–Crippen MR) is 99.6 cm³/mol. The Kier molecular flexibility index (Phi) is 7.40. The molecule has 0 bridgehead atoms. The van der Waals surface area contributed by atoms with Gasteiger partial charge in [-0.05, 0) is 18.9 Å². The molecular formula is C18H29N3O3S. The lowest BCUT2D eigenvalue weighted by atomic mass is 10.2. The zero-order valence-corrected chi connectivity index (χ0v) is 16.0. The van der Waals surface area contributed by atoms with Crippen molar-refractivity contribution in [1.29, 1.82) is 0 Å². The maximum absolute atomic E-state index is 12.5.